The third-order valence-electron chi connectivity index (χ3n) is 2.55. The molecule has 17 heavy (non-hydrogen) atoms. The van der Waals surface area contributed by atoms with Gasteiger partial charge in [0.25, 0.3) is 0 Å². The van der Waals surface area contributed by atoms with Crippen molar-refractivity contribution in [2.45, 2.75) is 12.8 Å². The maximum absolute atomic E-state index is 11.5. The molecular formula is C12H15ClN2O2. The highest BCUT2D eigenvalue weighted by Crippen LogP contribution is 2.28. The second-order valence-electron chi connectivity index (χ2n) is 4.25. The van der Waals surface area contributed by atoms with E-state index in [-0.39, 0.29) is 12.5 Å². The summed E-state index contributed by atoms with van der Waals surface area (Å²) in [6.45, 7) is 0.722. The van der Waals surface area contributed by atoms with Crippen LogP contribution in [0.4, 0.5) is 11.4 Å². The van der Waals surface area contributed by atoms with Crippen molar-refractivity contribution >= 4 is 28.9 Å². The standard InChI is InChI=1S/C12H15ClN2O2/c13-10-4-3-9(14)5-11(10)15-12(16)7-17-6-8-1-2-8/h3-5,8H,1-2,6-7,14H2,(H,15,16). The second-order valence-corrected chi connectivity index (χ2v) is 4.65. The van der Waals surface area contributed by atoms with Crippen LogP contribution < -0.4 is 11.1 Å². The third-order valence-corrected chi connectivity index (χ3v) is 2.88. The average molecular weight is 255 g/mol. The van der Waals surface area contributed by atoms with Crippen LogP contribution in [0, 0.1) is 5.92 Å². The first-order chi connectivity index (χ1) is 8.15. The van der Waals surface area contributed by atoms with E-state index in [1.165, 1.54) is 12.8 Å². The molecular weight excluding hydrogens is 240 g/mol. The number of amides is 1. The van der Waals surface area contributed by atoms with E-state index in [4.69, 9.17) is 22.1 Å². The summed E-state index contributed by atoms with van der Waals surface area (Å²) < 4.78 is 5.28. The first-order valence-electron chi connectivity index (χ1n) is 5.58. The van der Waals surface area contributed by atoms with Gasteiger partial charge in [0.05, 0.1) is 17.3 Å². The van der Waals surface area contributed by atoms with Gasteiger partial charge < -0.3 is 15.8 Å². The Morgan fingerprint density at radius 3 is 3.00 bits per heavy atom. The SMILES string of the molecule is Nc1ccc(Cl)c(NC(=O)COCC2CC2)c1. The van der Waals surface area contributed by atoms with Crippen molar-refractivity contribution in [2.75, 3.05) is 24.3 Å². The van der Waals surface area contributed by atoms with E-state index in [1.54, 1.807) is 18.2 Å². The van der Waals surface area contributed by atoms with Crippen LogP contribution in [0.1, 0.15) is 12.8 Å². The van der Waals surface area contributed by atoms with E-state index in [0.717, 1.165) is 0 Å². The summed E-state index contributed by atoms with van der Waals surface area (Å²) in [6.07, 6.45) is 2.42. The van der Waals surface area contributed by atoms with Crippen LogP contribution in [0.2, 0.25) is 5.02 Å². The van der Waals surface area contributed by atoms with Crippen LogP contribution in [0.3, 0.4) is 0 Å². The Morgan fingerprint density at radius 1 is 1.53 bits per heavy atom. The third kappa shape index (κ3) is 3.91. The quantitative estimate of drug-likeness (QED) is 0.793. The smallest absolute Gasteiger partial charge is 0.250 e. The Bertz CT molecular complexity index is 419. The van der Waals surface area contributed by atoms with Crippen LogP contribution in [-0.2, 0) is 9.53 Å². The summed E-state index contributed by atoms with van der Waals surface area (Å²) in [5.74, 6) is 0.442. The van der Waals surface area contributed by atoms with Gasteiger partial charge in [0.1, 0.15) is 6.61 Å². The monoisotopic (exact) mass is 254 g/mol. The van der Waals surface area contributed by atoms with Gasteiger partial charge in [-0.1, -0.05) is 11.6 Å². The van der Waals surface area contributed by atoms with Crippen molar-refractivity contribution in [1.82, 2.24) is 0 Å². The lowest BCUT2D eigenvalue weighted by atomic mass is 10.3. The van der Waals surface area contributed by atoms with Gasteiger partial charge >= 0.3 is 0 Å². The molecule has 4 nitrogen and oxygen atoms in total. The Labute approximate surface area is 105 Å². The van der Waals surface area contributed by atoms with Gasteiger partial charge in [-0.2, -0.15) is 0 Å². The second kappa shape index (κ2) is 5.38. The molecule has 1 saturated carbocycles. The highest BCUT2D eigenvalue weighted by molar-refractivity contribution is 6.33. The summed E-state index contributed by atoms with van der Waals surface area (Å²) in [4.78, 5) is 11.5. The molecule has 5 heteroatoms. The molecule has 0 bridgehead atoms. The minimum atomic E-state index is -0.210. The van der Waals surface area contributed by atoms with E-state index in [9.17, 15) is 4.79 Å². The van der Waals surface area contributed by atoms with Crippen molar-refractivity contribution in [3.05, 3.63) is 23.2 Å². The largest absolute Gasteiger partial charge is 0.399 e. The molecule has 1 fully saturated rings. The normalized spacial score (nSPS) is 14.6. The van der Waals surface area contributed by atoms with Crippen molar-refractivity contribution < 1.29 is 9.53 Å². The number of hydrogen-bond acceptors (Lipinski definition) is 3. The molecule has 0 spiro atoms. The first-order valence-corrected chi connectivity index (χ1v) is 5.95. The van der Waals surface area contributed by atoms with Gasteiger partial charge in [-0.05, 0) is 37.0 Å². The van der Waals surface area contributed by atoms with Crippen LogP contribution >= 0.6 is 11.6 Å². The van der Waals surface area contributed by atoms with Gasteiger partial charge in [0, 0.05) is 5.69 Å². The average Bonchev–Trinajstić information content (AvgIpc) is 3.07. The highest BCUT2D eigenvalue weighted by atomic mass is 35.5. The Morgan fingerprint density at radius 2 is 2.29 bits per heavy atom. The predicted molar refractivity (Wildman–Crippen MR) is 68.0 cm³/mol. The number of carbonyl (C=O) groups is 1. The molecule has 2 rings (SSSR count). The zero-order valence-corrected chi connectivity index (χ0v) is 10.2. The molecule has 0 unspecified atom stereocenters. The number of benzene rings is 1. The van der Waals surface area contributed by atoms with Gasteiger partial charge in [0.2, 0.25) is 5.91 Å². The Hall–Kier alpha value is -1.26. The van der Waals surface area contributed by atoms with E-state index < -0.39 is 0 Å². The van der Waals surface area contributed by atoms with Gasteiger partial charge in [-0.25, -0.2) is 0 Å². The lowest BCUT2D eigenvalue weighted by Crippen LogP contribution is -2.19. The van der Waals surface area contributed by atoms with Crippen LogP contribution in [0.5, 0.6) is 0 Å². The fraction of sp³-hybridized carbons (Fsp3) is 0.417. The number of carbonyl (C=O) groups excluding carboxylic acids is 1. The van der Waals surface area contributed by atoms with Gasteiger partial charge in [0.15, 0.2) is 0 Å². The van der Waals surface area contributed by atoms with E-state index >= 15 is 0 Å². The molecule has 0 heterocycles. The molecule has 0 saturated heterocycles. The van der Waals surface area contributed by atoms with Crippen LogP contribution in [0.15, 0.2) is 18.2 Å². The number of rotatable bonds is 5. The summed E-state index contributed by atoms with van der Waals surface area (Å²) in [6, 6.07) is 4.96. The molecule has 0 aromatic heterocycles. The summed E-state index contributed by atoms with van der Waals surface area (Å²) in [5, 5.41) is 3.14. The molecule has 1 aromatic carbocycles. The number of nitrogens with two attached hydrogens (primary N) is 1. The van der Waals surface area contributed by atoms with Crippen molar-refractivity contribution in [3.63, 3.8) is 0 Å². The zero-order valence-electron chi connectivity index (χ0n) is 9.41. The zero-order chi connectivity index (χ0) is 12.3. The lowest BCUT2D eigenvalue weighted by Gasteiger charge is -2.08. The topological polar surface area (TPSA) is 64.3 Å². The van der Waals surface area contributed by atoms with Gasteiger partial charge in [-0.3, -0.25) is 4.79 Å². The molecule has 0 radical (unpaired) electrons. The summed E-state index contributed by atoms with van der Waals surface area (Å²) in [5.41, 5.74) is 6.69. The van der Waals surface area contributed by atoms with E-state index in [0.29, 0.717) is 28.9 Å². The molecule has 1 aliphatic carbocycles. The molecule has 1 aromatic rings. The number of anilines is 2. The maximum Gasteiger partial charge on any atom is 0.250 e. The minimum absolute atomic E-state index is 0.0572. The Kier molecular flexibility index (Phi) is 3.86. The van der Waals surface area contributed by atoms with Crippen LogP contribution in [-0.4, -0.2) is 19.1 Å². The molecule has 3 N–H and O–H groups in total. The fourth-order valence-corrected chi connectivity index (χ4v) is 1.59. The molecule has 92 valence electrons. The van der Waals surface area contributed by atoms with Crippen molar-refractivity contribution in [3.8, 4) is 0 Å². The van der Waals surface area contributed by atoms with Gasteiger partial charge in [-0.15, -0.1) is 0 Å². The molecule has 1 amide bonds. The fourth-order valence-electron chi connectivity index (χ4n) is 1.43. The minimum Gasteiger partial charge on any atom is -0.399 e. The number of ether oxygens (including phenoxy) is 1. The number of halogens is 1. The van der Waals surface area contributed by atoms with E-state index in [1.807, 2.05) is 0 Å². The molecule has 0 aliphatic heterocycles. The maximum atomic E-state index is 11.5. The van der Waals surface area contributed by atoms with Crippen molar-refractivity contribution in [2.24, 2.45) is 5.92 Å². The number of nitrogen functional groups attached to an aromatic ring is 1. The lowest BCUT2D eigenvalue weighted by molar-refractivity contribution is -0.120. The van der Waals surface area contributed by atoms with Crippen LogP contribution in [0.25, 0.3) is 0 Å². The van der Waals surface area contributed by atoms with E-state index in [2.05, 4.69) is 5.32 Å². The first kappa shape index (κ1) is 12.2. The van der Waals surface area contributed by atoms with Crippen molar-refractivity contribution in [1.29, 1.82) is 0 Å². The number of hydrogen-bond donors (Lipinski definition) is 2. The number of nitrogens with one attached hydrogen (secondary N) is 1. The summed E-state index contributed by atoms with van der Waals surface area (Å²) in [7, 11) is 0. The Balaban J connectivity index is 1.81. The summed E-state index contributed by atoms with van der Waals surface area (Å²) >= 11 is 5.92. The molecule has 0 atom stereocenters. The molecule has 1 aliphatic rings. The highest BCUT2D eigenvalue weighted by Gasteiger charge is 2.21. The predicted octanol–water partition coefficient (Wildman–Crippen LogP) is 2.29.